The Bertz CT molecular complexity index is 1010. The SMILES string of the molecule is CCCCN=Cc1cc(N(C)C)ccc1-c1cccc2c1Cc1ccccc1-2. The van der Waals surface area contributed by atoms with Crippen LogP contribution in [0.15, 0.2) is 65.7 Å². The highest BCUT2D eigenvalue weighted by Crippen LogP contribution is 2.42. The van der Waals surface area contributed by atoms with Crippen LogP contribution in [0, 0.1) is 0 Å². The molecule has 0 unspecified atom stereocenters. The summed E-state index contributed by atoms with van der Waals surface area (Å²) in [5.74, 6) is 0. The van der Waals surface area contributed by atoms with E-state index in [0.29, 0.717) is 0 Å². The van der Waals surface area contributed by atoms with E-state index in [4.69, 9.17) is 4.99 Å². The first-order chi connectivity index (χ1) is 13.7. The number of rotatable bonds is 6. The van der Waals surface area contributed by atoms with Crippen LogP contribution in [-0.4, -0.2) is 26.9 Å². The van der Waals surface area contributed by atoms with Crippen molar-refractivity contribution in [1.29, 1.82) is 0 Å². The van der Waals surface area contributed by atoms with Crippen LogP contribution >= 0.6 is 0 Å². The zero-order chi connectivity index (χ0) is 19.5. The third-order valence-electron chi connectivity index (χ3n) is 5.56. The monoisotopic (exact) mass is 368 g/mol. The molecule has 0 saturated heterocycles. The quantitative estimate of drug-likeness (QED) is 0.292. The van der Waals surface area contributed by atoms with Gasteiger partial charge in [0.25, 0.3) is 0 Å². The molecule has 0 aromatic heterocycles. The standard InChI is InChI=1S/C26H28N2/c1-4-5-15-27-18-20-16-21(28(2)3)13-14-23(20)25-12-8-11-24-22-10-7-6-9-19(22)17-26(24)25/h6-14,16,18H,4-5,15,17H2,1-3H3. The topological polar surface area (TPSA) is 15.6 Å². The zero-order valence-electron chi connectivity index (χ0n) is 17.1. The van der Waals surface area contributed by atoms with E-state index >= 15 is 0 Å². The summed E-state index contributed by atoms with van der Waals surface area (Å²) in [5.41, 5.74) is 10.6. The number of aliphatic imine (C=N–C) groups is 1. The van der Waals surface area contributed by atoms with E-state index < -0.39 is 0 Å². The van der Waals surface area contributed by atoms with Crippen molar-refractivity contribution in [3.8, 4) is 22.3 Å². The van der Waals surface area contributed by atoms with E-state index in [1.165, 1.54) is 51.1 Å². The Morgan fingerprint density at radius 2 is 1.64 bits per heavy atom. The largest absolute Gasteiger partial charge is 0.378 e. The lowest BCUT2D eigenvalue weighted by Gasteiger charge is -2.17. The first kappa shape index (κ1) is 18.5. The molecule has 0 saturated carbocycles. The average molecular weight is 369 g/mol. The van der Waals surface area contributed by atoms with Gasteiger partial charge in [-0.25, -0.2) is 0 Å². The minimum atomic E-state index is 0.889. The van der Waals surface area contributed by atoms with Crippen molar-refractivity contribution in [3.05, 3.63) is 77.4 Å². The molecule has 3 aromatic rings. The Morgan fingerprint density at radius 1 is 0.893 bits per heavy atom. The van der Waals surface area contributed by atoms with Crippen molar-refractivity contribution in [2.45, 2.75) is 26.2 Å². The minimum absolute atomic E-state index is 0.889. The minimum Gasteiger partial charge on any atom is -0.378 e. The first-order valence-electron chi connectivity index (χ1n) is 10.2. The third kappa shape index (κ3) is 3.47. The van der Waals surface area contributed by atoms with E-state index in [2.05, 4.69) is 92.8 Å². The molecule has 2 nitrogen and oxygen atoms in total. The highest BCUT2D eigenvalue weighted by Gasteiger charge is 2.21. The summed E-state index contributed by atoms with van der Waals surface area (Å²) < 4.78 is 0. The van der Waals surface area contributed by atoms with Crippen LogP contribution < -0.4 is 4.90 Å². The lowest BCUT2D eigenvalue weighted by Crippen LogP contribution is -2.09. The van der Waals surface area contributed by atoms with Gasteiger partial charge in [0, 0.05) is 38.1 Å². The van der Waals surface area contributed by atoms with E-state index in [0.717, 1.165) is 19.4 Å². The Hall–Kier alpha value is -2.87. The van der Waals surface area contributed by atoms with Crippen molar-refractivity contribution in [3.63, 3.8) is 0 Å². The van der Waals surface area contributed by atoms with Gasteiger partial charge < -0.3 is 4.90 Å². The molecule has 1 aliphatic rings. The van der Waals surface area contributed by atoms with Crippen LogP contribution in [0.2, 0.25) is 0 Å². The third-order valence-corrected chi connectivity index (χ3v) is 5.56. The van der Waals surface area contributed by atoms with Crippen molar-refractivity contribution in [2.24, 2.45) is 4.99 Å². The van der Waals surface area contributed by atoms with Gasteiger partial charge >= 0.3 is 0 Å². The smallest absolute Gasteiger partial charge is 0.0389 e. The second-order valence-corrected chi connectivity index (χ2v) is 7.72. The van der Waals surface area contributed by atoms with Crippen LogP contribution in [0.3, 0.4) is 0 Å². The van der Waals surface area contributed by atoms with Gasteiger partial charge in [-0.3, -0.25) is 4.99 Å². The molecule has 4 rings (SSSR count). The molecule has 28 heavy (non-hydrogen) atoms. The number of anilines is 1. The summed E-state index contributed by atoms with van der Waals surface area (Å²) in [6, 6.07) is 22.2. The molecule has 0 atom stereocenters. The van der Waals surface area contributed by atoms with Gasteiger partial charge in [-0.05, 0) is 58.4 Å². The first-order valence-corrected chi connectivity index (χ1v) is 10.2. The average Bonchev–Trinajstić information content (AvgIpc) is 3.10. The second kappa shape index (κ2) is 8.02. The van der Waals surface area contributed by atoms with Gasteiger partial charge in [0.05, 0.1) is 0 Å². The van der Waals surface area contributed by atoms with E-state index in [1.807, 2.05) is 0 Å². The van der Waals surface area contributed by atoms with Crippen molar-refractivity contribution in [1.82, 2.24) is 0 Å². The maximum atomic E-state index is 4.71. The maximum absolute atomic E-state index is 4.71. The summed E-state index contributed by atoms with van der Waals surface area (Å²) in [5, 5.41) is 0. The molecule has 0 heterocycles. The molecule has 3 aromatic carbocycles. The molecule has 0 radical (unpaired) electrons. The van der Waals surface area contributed by atoms with Crippen molar-refractivity contribution < 1.29 is 0 Å². The Kier molecular flexibility index (Phi) is 5.29. The predicted octanol–water partition coefficient (Wildman–Crippen LogP) is 6.21. The summed E-state index contributed by atoms with van der Waals surface area (Å²) in [4.78, 5) is 6.86. The molecule has 0 N–H and O–H groups in total. The van der Waals surface area contributed by atoms with Gasteiger partial charge in [0.2, 0.25) is 0 Å². The van der Waals surface area contributed by atoms with Gasteiger partial charge in [0.15, 0.2) is 0 Å². The highest BCUT2D eigenvalue weighted by atomic mass is 15.1. The summed E-state index contributed by atoms with van der Waals surface area (Å²) in [6.45, 7) is 3.10. The number of unbranched alkanes of at least 4 members (excludes halogenated alkanes) is 1. The van der Waals surface area contributed by atoms with Gasteiger partial charge in [-0.2, -0.15) is 0 Å². The second-order valence-electron chi connectivity index (χ2n) is 7.72. The van der Waals surface area contributed by atoms with Gasteiger partial charge in [-0.1, -0.05) is 61.9 Å². The number of hydrogen-bond donors (Lipinski definition) is 0. The fraction of sp³-hybridized carbons (Fsp3) is 0.269. The predicted molar refractivity (Wildman–Crippen MR) is 122 cm³/mol. The molecule has 0 bridgehead atoms. The van der Waals surface area contributed by atoms with Crippen LogP contribution in [-0.2, 0) is 6.42 Å². The highest BCUT2D eigenvalue weighted by molar-refractivity contribution is 5.95. The Balaban J connectivity index is 1.81. The van der Waals surface area contributed by atoms with E-state index in [1.54, 1.807) is 0 Å². The number of fused-ring (bicyclic) bond motifs is 3. The van der Waals surface area contributed by atoms with Crippen LogP contribution in [0.25, 0.3) is 22.3 Å². The summed E-state index contributed by atoms with van der Waals surface area (Å²) >= 11 is 0. The zero-order valence-corrected chi connectivity index (χ0v) is 17.1. The Labute approximate surface area is 168 Å². The molecular formula is C26H28N2. The van der Waals surface area contributed by atoms with Crippen LogP contribution in [0.4, 0.5) is 5.69 Å². The molecule has 0 spiro atoms. The van der Waals surface area contributed by atoms with Crippen molar-refractivity contribution >= 4 is 11.9 Å². The van der Waals surface area contributed by atoms with Crippen LogP contribution in [0.1, 0.15) is 36.5 Å². The number of benzene rings is 3. The van der Waals surface area contributed by atoms with E-state index in [9.17, 15) is 0 Å². The normalized spacial score (nSPS) is 12.2. The molecule has 2 heteroatoms. The Morgan fingerprint density at radius 3 is 2.43 bits per heavy atom. The van der Waals surface area contributed by atoms with Crippen LogP contribution in [0.5, 0.6) is 0 Å². The maximum Gasteiger partial charge on any atom is 0.0389 e. The molecule has 0 fully saturated rings. The summed E-state index contributed by atoms with van der Waals surface area (Å²) in [7, 11) is 4.17. The van der Waals surface area contributed by atoms with E-state index in [-0.39, 0.29) is 0 Å². The fourth-order valence-corrected chi connectivity index (χ4v) is 4.00. The van der Waals surface area contributed by atoms with Gasteiger partial charge in [-0.15, -0.1) is 0 Å². The molecule has 0 aliphatic heterocycles. The van der Waals surface area contributed by atoms with Crippen molar-refractivity contribution in [2.75, 3.05) is 25.5 Å². The number of hydrogen-bond acceptors (Lipinski definition) is 2. The lowest BCUT2D eigenvalue weighted by atomic mass is 9.92. The van der Waals surface area contributed by atoms with Gasteiger partial charge in [0.1, 0.15) is 0 Å². The fourth-order valence-electron chi connectivity index (χ4n) is 4.00. The molecule has 1 aliphatic carbocycles. The molecular weight excluding hydrogens is 340 g/mol. The lowest BCUT2D eigenvalue weighted by molar-refractivity contribution is 0.810. The summed E-state index contributed by atoms with van der Waals surface area (Å²) in [6.07, 6.45) is 5.38. The molecule has 142 valence electrons. The molecule has 0 amide bonds. The number of nitrogens with zero attached hydrogens (tertiary/aromatic N) is 2.